The summed E-state index contributed by atoms with van der Waals surface area (Å²) in [6.45, 7) is 8.14. The third kappa shape index (κ3) is 20.0. The summed E-state index contributed by atoms with van der Waals surface area (Å²) in [5.41, 5.74) is -0.531. The third-order valence-corrected chi connectivity index (χ3v) is 5.13. The molecule has 1 aromatic carbocycles. The lowest BCUT2D eigenvalue weighted by Crippen LogP contribution is -2.16. The van der Waals surface area contributed by atoms with Gasteiger partial charge in [-0.1, -0.05) is 6.92 Å². The van der Waals surface area contributed by atoms with E-state index in [0.717, 1.165) is 12.5 Å². The van der Waals surface area contributed by atoms with E-state index in [-0.39, 0.29) is 42.8 Å². The summed E-state index contributed by atoms with van der Waals surface area (Å²) in [7, 11) is 0. The Morgan fingerprint density at radius 3 is 1.50 bits per heavy atom. The first-order valence-electron chi connectivity index (χ1n) is 13.8. The number of carbonyl (C=O) groups is 1. The van der Waals surface area contributed by atoms with E-state index in [4.69, 9.17) is 37.9 Å². The Labute approximate surface area is 245 Å². The number of nitro benzene ring substituents is 2. The molecule has 0 aliphatic heterocycles. The monoisotopic (exact) mass is 605 g/mol. The van der Waals surface area contributed by atoms with E-state index in [9.17, 15) is 25.0 Å². The largest absolute Gasteiger partial charge is 0.463 e. The average molecular weight is 606 g/mol. The lowest BCUT2D eigenvalue weighted by molar-refractivity contribution is -0.393. The van der Waals surface area contributed by atoms with Gasteiger partial charge in [-0.2, -0.15) is 0 Å². The number of hydrogen-bond acceptors (Lipinski definition) is 14. The van der Waals surface area contributed by atoms with Crippen molar-refractivity contribution in [1.29, 1.82) is 0 Å². The van der Waals surface area contributed by atoms with Crippen LogP contribution in [-0.2, 0) is 42.7 Å². The zero-order valence-electron chi connectivity index (χ0n) is 24.2. The maximum Gasteiger partial charge on any atom is 0.305 e. The fourth-order valence-corrected chi connectivity index (χ4v) is 3.10. The van der Waals surface area contributed by atoms with Crippen LogP contribution in [0.25, 0.3) is 0 Å². The molecule has 0 aliphatic carbocycles. The average Bonchev–Trinajstić information content (AvgIpc) is 2.97. The van der Waals surface area contributed by atoms with Gasteiger partial charge in [0.05, 0.1) is 108 Å². The number of esters is 1. The Bertz CT molecular complexity index is 876. The van der Waals surface area contributed by atoms with Crippen molar-refractivity contribution in [3.63, 3.8) is 0 Å². The number of nitrogens with one attached hydrogen (secondary N) is 1. The van der Waals surface area contributed by atoms with E-state index < -0.39 is 9.85 Å². The maximum atomic E-state index is 11.2. The van der Waals surface area contributed by atoms with Crippen LogP contribution in [0.3, 0.4) is 0 Å². The highest BCUT2D eigenvalue weighted by molar-refractivity contribution is 5.69. The van der Waals surface area contributed by atoms with Crippen LogP contribution in [0.15, 0.2) is 18.2 Å². The van der Waals surface area contributed by atoms with Crippen LogP contribution in [0, 0.1) is 20.2 Å². The molecule has 0 aliphatic rings. The Morgan fingerprint density at radius 1 is 0.667 bits per heavy atom. The molecular formula is C26H43N3O13. The van der Waals surface area contributed by atoms with Crippen molar-refractivity contribution in [2.24, 2.45) is 0 Å². The Kier molecular flexibility index (Phi) is 22.7. The minimum atomic E-state index is -0.684. The standard InChI is InChI=1S/C26H43N3O13/c1-2-3-26(30)42-21-20-41-19-18-40-17-16-39-15-14-38-13-12-37-11-10-36-9-8-35-7-6-27-24-5-4-23(28(31)32)22-25(24)29(33)34/h4-5,22,27H,2-3,6-21H2,1H3. The molecule has 0 spiro atoms. The van der Waals surface area contributed by atoms with E-state index in [2.05, 4.69) is 5.32 Å². The predicted octanol–water partition coefficient (Wildman–Crippen LogP) is 2.37. The number of anilines is 1. The van der Waals surface area contributed by atoms with Gasteiger partial charge in [0.25, 0.3) is 11.4 Å². The summed E-state index contributed by atoms with van der Waals surface area (Å²) in [6.07, 6.45) is 1.20. The van der Waals surface area contributed by atoms with Gasteiger partial charge in [-0.05, 0) is 12.5 Å². The third-order valence-electron chi connectivity index (χ3n) is 5.13. The van der Waals surface area contributed by atoms with Crippen LogP contribution in [0.2, 0.25) is 0 Å². The van der Waals surface area contributed by atoms with Gasteiger partial charge in [0.1, 0.15) is 12.3 Å². The number of ether oxygens (including phenoxy) is 8. The van der Waals surface area contributed by atoms with Gasteiger partial charge in [0.15, 0.2) is 0 Å². The molecule has 0 radical (unpaired) electrons. The Morgan fingerprint density at radius 2 is 1.10 bits per heavy atom. The van der Waals surface area contributed by atoms with E-state index in [1.165, 1.54) is 12.1 Å². The zero-order chi connectivity index (χ0) is 30.7. The molecule has 0 bridgehead atoms. The van der Waals surface area contributed by atoms with Gasteiger partial charge < -0.3 is 43.2 Å². The fraction of sp³-hybridized carbons (Fsp3) is 0.731. The molecule has 16 heteroatoms. The summed E-state index contributed by atoms with van der Waals surface area (Å²) in [4.78, 5) is 31.7. The number of benzene rings is 1. The lowest BCUT2D eigenvalue weighted by atomic mass is 10.2. The highest BCUT2D eigenvalue weighted by Gasteiger charge is 2.19. The molecule has 16 nitrogen and oxygen atoms in total. The van der Waals surface area contributed by atoms with Crippen LogP contribution >= 0.6 is 0 Å². The minimum Gasteiger partial charge on any atom is -0.463 e. The van der Waals surface area contributed by atoms with E-state index in [1.54, 1.807) is 0 Å². The van der Waals surface area contributed by atoms with Crippen molar-refractivity contribution >= 4 is 23.0 Å². The van der Waals surface area contributed by atoms with E-state index in [1.807, 2.05) is 6.92 Å². The first-order valence-corrected chi connectivity index (χ1v) is 13.8. The Balaban J connectivity index is 1.79. The molecule has 0 fully saturated rings. The molecule has 1 rings (SSSR count). The van der Waals surface area contributed by atoms with Crippen molar-refractivity contribution < 1.29 is 52.5 Å². The Hall–Kier alpha value is -2.99. The highest BCUT2D eigenvalue weighted by Crippen LogP contribution is 2.28. The molecule has 1 aromatic rings. The molecule has 42 heavy (non-hydrogen) atoms. The number of nitrogens with zero attached hydrogens (tertiary/aromatic N) is 2. The SMILES string of the molecule is CCCC(=O)OCCOCCOCCOCCOCCOCCOCCOCCNc1ccc([N+](=O)[O-])cc1[N+](=O)[O-]. The molecule has 0 aromatic heterocycles. The minimum absolute atomic E-state index is 0.184. The second kappa shape index (κ2) is 25.7. The van der Waals surface area contributed by atoms with Gasteiger partial charge in [-0.15, -0.1) is 0 Å². The van der Waals surface area contributed by atoms with Crippen molar-refractivity contribution in [2.75, 3.05) is 111 Å². The first-order chi connectivity index (χ1) is 20.5. The normalized spacial score (nSPS) is 11.0. The van der Waals surface area contributed by atoms with E-state index in [0.29, 0.717) is 92.3 Å². The van der Waals surface area contributed by atoms with Crippen LogP contribution in [0.4, 0.5) is 17.1 Å². The highest BCUT2D eigenvalue weighted by atomic mass is 16.6. The van der Waals surface area contributed by atoms with E-state index >= 15 is 0 Å². The van der Waals surface area contributed by atoms with Crippen molar-refractivity contribution in [3.05, 3.63) is 38.4 Å². The second-order valence-corrected chi connectivity index (χ2v) is 8.40. The van der Waals surface area contributed by atoms with Gasteiger partial charge >= 0.3 is 5.97 Å². The first kappa shape index (κ1) is 37.0. The van der Waals surface area contributed by atoms with Crippen LogP contribution in [-0.4, -0.2) is 121 Å². The molecule has 0 heterocycles. The molecule has 0 saturated carbocycles. The van der Waals surface area contributed by atoms with Crippen LogP contribution in [0.5, 0.6) is 0 Å². The lowest BCUT2D eigenvalue weighted by Gasteiger charge is -2.09. The molecule has 0 amide bonds. The summed E-state index contributed by atoms with van der Waals surface area (Å²) in [5, 5.41) is 24.7. The summed E-state index contributed by atoms with van der Waals surface area (Å²) < 4.78 is 42.7. The van der Waals surface area contributed by atoms with Gasteiger partial charge in [0.2, 0.25) is 0 Å². The van der Waals surface area contributed by atoms with Crippen LogP contribution in [0.1, 0.15) is 19.8 Å². The second-order valence-electron chi connectivity index (χ2n) is 8.40. The van der Waals surface area contributed by atoms with Gasteiger partial charge in [-0.3, -0.25) is 25.0 Å². The number of hydrogen-bond donors (Lipinski definition) is 1. The quantitative estimate of drug-likeness (QED) is 0.0606. The molecule has 1 N–H and O–H groups in total. The summed E-state index contributed by atoms with van der Waals surface area (Å²) in [6, 6.07) is 3.42. The summed E-state index contributed by atoms with van der Waals surface area (Å²) in [5.74, 6) is -0.206. The molecule has 0 atom stereocenters. The van der Waals surface area contributed by atoms with Crippen LogP contribution < -0.4 is 5.32 Å². The molecular weight excluding hydrogens is 562 g/mol. The maximum absolute atomic E-state index is 11.2. The number of carbonyl (C=O) groups excluding carboxylic acids is 1. The van der Waals surface area contributed by atoms with Gasteiger partial charge in [-0.25, -0.2) is 0 Å². The predicted molar refractivity (Wildman–Crippen MR) is 150 cm³/mol. The molecule has 240 valence electrons. The smallest absolute Gasteiger partial charge is 0.305 e. The number of nitro groups is 2. The number of non-ortho nitro benzene ring substituents is 1. The zero-order valence-corrected chi connectivity index (χ0v) is 24.2. The topological polar surface area (TPSA) is 189 Å². The summed E-state index contributed by atoms with van der Waals surface area (Å²) >= 11 is 0. The van der Waals surface area contributed by atoms with Crippen molar-refractivity contribution in [3.8, 4) is 0 Å². The van der Waals surface area contributed by atoms with Crippen molar-refractivity contribution in [2.45, 2.75) is 19.8 Å². The molecule has 0 unspecified atom stereocenters. The fourth-order valence-electron chi connectivity index (χ4n) is 3.10. The number of rotatable bonds is 29. The molecule has 0 saturated heterocycles. The van der Waals surface area contributed by atoms with Gasteiger partial charge in [0, 0.05) is 19.0 Å². The van der Waals surface area contributed by atoms with Crippen molar-refractivity contribution in [1.82, 2.24) is 0 Å².